The molecular weight excluding hydrogens is 204 g/mol. The van der Waals surface area contributed by atoms with E-state index in [2.05, 4.69) is 10.1 Å². The van der Waals surface area contributed by atoms with Crippen molar-refractivity contribution in [3.8, 4) is 11.1 Å². The van der Waals surface area contributed by atoms with Gasteiger partial charge in [0.2, 0.25) is 5.91 Å². The highest BCUT2D eigenvalue weighted by Gasteiger charge is 2.02. The fourth-order valence-electron chi connectivity index (χ4n) is 1.39. The molecular formula is C11H12N4O. The zero-order valence-corrected chi connectivity index (χ0v) is 8.71. The van der Waals surface area contributed by atoms with Gasteiger partial charge in [0.05, 0.1) is 6.20 Å². The van der Waals surface area contributed by atoms with E-state index in [0.717, 1.165) is 11.1 Å². The maximum Gasteiger partial charge on any atom is 0.219 e. The van der Waals surface area contributed by atoms with Crippen molar-refractivity contribution < 1.29 is 4.79 Å². The Morgan fingerprint density at radius 1 is 1.38 bits per heavy atom. The van der Waals surface area contributed by atoms with Gasteiger partial charge in [-0.25, -0.2) is 0 Å². The van der Waals surface area contributed by atoms with Gasteiger partial charge in [0.25, 0.3) is 0 Å². The summed E-state index contributed by atoms with van der Waals surface area (Å²) in [7, 11) is 0. The van der Waals surface area contributed by atoms with Gasteiger partial charge in [-0.2, -0.15) is 5.10 Å². The number of carbonyl (C=O) groups excluding carboxylic acids is 1. The molecule has 0 aliphatic rings. The number of pyridine rings is 1. The summed E-state index contributed by atoms with van der Waals surface area (Å²) in [6.45, 7) is 0.510. The molecule has 2 rings (SSSR count). The van der Waals surface area contributed by atoms with Gasteiger partial charge in [-0.05, 0) is 6.07 Å². The van der Waals surface area contributed by atoms with Crippen molar-refractivity contribution >= 4 is 5.91 Å². The summed E-state index contributed by atoms with van der Waals surface area (Å²) >= 11 is 0. The van der Waals surface area contributed by atoms with Crippen LogP contribution in [0.15, 0.2) is 36.9 Å². The van der Waals surface area contributed by atoms with Crippen molar-refractivity contribution in [2.24, 2.45) is 5.73 Å². The SMILES string of the molecule is NC(=O)CCn1cc(-c2cccnc2)cn1. The molecule has 0 aromatic carbocycles. The number of amides is 1. The number of hydrogen-bond donors (Lipinski definition) is 1. The van der Waals surface area contributed by atoms with Crippen LogP contribution in [-0.2, 0) is 11.3 Å². The Morgan fingerprint density at radius 3 is 2.94 bits per heavy atom. The summed E-state index contributed by atoms with van der Waals surface area (Å²) in [5.41, 5.74) is 7.06. The number of hydrogen-bond acceptors (Lipinski definition) is 3. The van der Waals surface area contributed by atoms with Crippen LogP contribution in [0, 0.1) is 0 Å². The Balaban J connectivity index is 2.11. The predicted molar refractivity (Wildman–Crippen MR) is 59.3 cm³/mol. The first kappa shape index (κ1) is 10.4. The van der Waals surface area contributed by atoms with Crippen molar-refractivity contribution in [3.05, 3.63) is 36.9 Å². The van der Waals surface area contributed by atoms with Crippen LogP contribution in [0.4, 0.5) is 0 Å². The molecule has 2 aromatic rings. The number of nitrogens with two attached hydrogens (primary N) is 1. The molecule has 0 atom stereocenters. The molecule has 2 aromatic heterocycles. The van der Waals surface area contributed by atoms with E-state index >= 15 is 0 Å². The Hall–Kier alpha value is -2.17. The van der Waals surface area contributed by atoms with Crippen molar-refractivity contribution in [2.45, 2.75) is 13.0 Å². The third-order valence-corrected chi connectivity index (χ3v) is 2.22. The van der Waals surface area contributed by atoms with Gasteiger partial charge in [0.15, 0.2) is 0 Å². The summed E-state index contributed by atoms with van der Waals surface area (Å²) in [6.07, 6.45) is 7.42. The first-order chi connectivity index (χ1) is 7.75. The molecule has 0 aliphatic carbocycles. The van der Waals surface area contributed by atoms with E-state index < -0.39 is 0 Å². The van der Waals surface area contributed by atoms with Crippen LogP contribution in [0.1, 0.15) is 6.42 Å². The lowest BCUT2D eigenvalue weighted by Gasteiger charge is -1.97. The Labute approximate surface area is 92.9 Å². The highest BCUT2D eigenvalue weighted by Crippen LogP contribution is 2.16. The Morgan fingerprint density at radius 2 is 2.25 bits per heavy atom. The topological polar surface area (TPSA) is 73.8 Å². The number of carbonyl (C=O) groups is 1. The maximum atomic E-state index is 10.6. The highest BCUT2D eigenvalue weighted by atomic mass is 16.1. The minimum atomic E-state index is -0.321. The zero-order chi connectivity index (χ0) is 11.4. The molecule has 0 unspecified atom stereocenters. The maximum absolute atomic E-state index is 10.6. The minimum absolute atomic E-state index is 0.300. The number of aryl methyl sites for hydroxylation is 1. The molecule has 2 N–H and O–H groups in total. The standard InChI is InChI=1S/C11H12N4O/c12-11(16)3-5-15-8-10(7-14-15)9-2-1-4-13-6-9/h1-2,4,6-8H,3,5H2,(H2,12,16). The van der Waals surface area contributed by atoms with Crippen LogP contribution in [0.3, 0.4) is 0 Å². The fourth-order valence-corrected chi connectivity index (χ4v) is 1.39. The smallest absolute Gasteiger partial charge is 0.219 e. The average Bonchev–Trinajstić information content (AvgIpc) is 2.76. The largest absolute Gasteiger partial charge is 0.370 e. The third-order valence-electron chi connectivity index (χ3n) is 2.22. The van der Waals surface area contributed by atoms with Crippen molar-refractivity contribution in [1.29, 1.82) is 0 Å². The van der Waals surface area contributed by atoms with E-state index in [0.29, 0.717) is 13.0 Å². The molecule has 0 saturated heterocycles. The van der Waals surface area contributed by atoms with Gasteiger partial charge in [0, 0.05) is 42.7 Å². The van der Waals surface area contributed by atoms with Gasteiger partial charge < -0.3 is 5.73 Å². The molecule has 16 heavy (non-hydrogen) atoms. The predicted octanol–water partition coefficient (Wildman–Crippen LogP) is 0.820. The van der Waals surface area contributed by atoms with Gasteiger partial charge >= 0.3 is 0 Å². The van der Waals surface area contributed by atoms with Gasteiger partial charge in [-0.1, -0.05) is 6.07 Å². The van der Waals surface area contributed by atoms with Crippen LogP contribution in [-0.4, -0.2) is 20.7 Å². The lowest BCUT2D eigenvalue weighted by atomic mass is 10.2. The number of aromatic nitrogens is 3. The molecule has 0 bridgehead atoms. The quantitative estimate of drug-likeness (QED) is 0.822. The van der Waals surface area contributed by atoms with E-state index in [1.165, 1.54) is 0 Å². The van der Waals surface area contributed by atoms with Crippen LogP contribution >= 0.6 is 0 Å². The summed E-state index contributed by atoms with van der Waals surface area (Å²) in [5, 5.41) is 4.15. The fraction of sp³-hybridized carbons (Fsp3) is 0.182. The van der Waals surface area contributed by atoms with Crippen molar-refractivity contribution in [3.63, 3.8) is 0 Å². The number of rotatable bonds is 4. The molecule has 1 amide bonds. The molecule has 0 fully saturated rings. The molecule has 0 saturated carbocycles. The van der Waals surface area contributed by atoms with Gasteiger partial charge in [0.1, 0.15) is 0 Å². The molecule has 82 valence electrons. The normalized spacial score (nSPS) is 10.2. The summed E-state index contributed by atoms with van der Waals surface area (Å²) in [4.78, 5) is 14.7. The highest BCUT2D eigenvalue weighted by molar-refractivity contribution is 5.73. The first-order valence-electron chi connectivity index (χ1n) is 4.97. The molecule has 2 heterocycles. The van der Waals surface area contributed by atoms with E-state index in [4.69, 9.17) is 5.73 Å². The van der Waals surface area contributed by atoms with Crippen LogP contribution in [0.5, 0.6) is 0 Å². The minimum Gasteiger partial charge on any atom is -0.370 e. The summed E-state index contributed by atoms with van der Waals surface area (Å²) in [5.74, 6) is -0.321. The van der Waals surface area contributed by atoms with Crippen LogP contribution in [0.25, 0.3) is 11.1 Å². The number of nitrogens with zero attached hydrogens (tertiary/aromatic N) is 3. The van der Waals surface area contributed by atoms with E-state index in [-0.39, 0.29) is 5.91 Å². The first-order valence-corrected chi connectivity index (χ1v) is 4.97. The number of primary amides is 1. The second-order valence-corrected chi connectivity index (χ2v) is 3.45. The second kappa shape index (κ2) is 4.57. The Bertz CT molecular complexity index is 478. The van der Waals surface area contributed by atoms with Crippen molar-refractivity contribution in [1.82, 2.24) is 14.8 Å². The Kier molecular flexibility index (Phi) is 2.95. The molecule has 0 aliphatic heterocycles. The monoisotopic (exact) mass is 216 g/mol. The summed E-state index contributed by atoms with van der Waals surface area (Å²) in [6, 6.07) is 3.83. The lowest BCUT2D eigenvalue weighted by molar-refractivity contribution is -0.118. The van der Waals surface area contributed by atoms with Crippen LogP contribution < -0.4 is 5.73 Å². The van der Waals surface area contributed by atoms with Gasteiger partial charge in [-0.3, -0.25) is 14.5 Å². The van der Waals surface area contributed by atoms with Crippen molar-refractivity contribution in [2.75, 3.05) is 0 Å². The van der Waals surface area contributed by atoms with E-state index in [9.17, 15) is 4.79 Å². The van der Waals surface area contributed by atoms with E-state index in [1.807, 2.05) is 18.3 Å². The van der Waals surface area contributed by atoms with E-state index in [1.54, 1.807) is 23.3 Å². The van der Waals surface area contributed by atoms with Crippen LogP contribution in [0.2, 0.25) is 0 Å². The second-order valence-electron chi connectivity index (χ2n) is 3.45. The third kappa shape index (κ3) is 2.44. The van der Waals surface area contributed by atoms with Gasteiger partial charge in [-0.15, -0.1) is 0 Å². The molecule has 0 spiro atoms. The summed E-state index contributed by atoms with van der Waals surface area (Å²) < 4.78 is 1.70. The molecule has 0 radical (unpaired) electrons. The zero-order valence-electron chi connectivity index (χ0n) is 8.71. The lowest BCUT2D eigenvalue weighted by Crippen LogP contribution is -2.13. The molecule has 5 heteroatoms. The average molecular weight is 216 g/mol. The molecule has 5 nitrogen and oxygen atoms in total.